The van der Waals surface area contributed by atoms with Gasteiger partial charge in [-0.3, -0.25) is 14.4 Å². The molecule has 1 aliphatic rings. The minimum atomic E-state index is -0.808. The fourth-order valence-electron chi connectivity index (χ4n) is 4.49. The Morgan fingerprint density at radius 2 is 2.06 bits per heavy atom. The van der Waals surface area contributed by atoms with Gasteiger partial charge >= 0.3 is 0 Å². The molecule has 1 aromatic heterocycles. The van der Waals surface area contributed by atoms with Crippen LogP contribution in [-0.4, -0.2) is 48.4 Å². The third-order valence-electron chi connectivity index (χ3n) is 6.18. The van der Waals surface area contributed by atoms with E-state index in [1.54, 1.807) is 13.2 Å². The standard InChI is InChI=1S/C26H35N5O4/c1-26(2,3)15-21(25(34)29-17(10-11-27)13-16-7-6-12-28-23(16)32)31-24(33)20-14-18-19(30-20)8-5-9-22(18)35-4/h5,8-9,14,16-17,21,30H,6-7,10,12-13,15H2,1-4H3,(H,28,32)(H,29,34)(H,31,33)/t16-,17+,21-/m0/s1. The maximum absolute atomic E-state index is 13.3. The number of carbonyl (C=O) groups excluding carboxylic acids is 3. The monoisotopic (exact) mass is 481 g/mol. The number of nitrogens with one attached hydrogen (secondary N) is 4. The number of benzene rings is 1. The predicted octanol–water partition coefficient (Wildman–Crippen LogP) is 3.03. The molecule has 0 unspecified atom stereocenters. The van der Waals surface area contributed by atoms with Gasteiger partial charge in [0.15, 0.2) is 0 Å². The number of ether oxygens (including phenoxy) is 1. The second-order valence-corrected chi connectivity index (χ2v) is 10.3. The number of carbonyl (C=O) groups is 3. The topological polar surface area (TPSA) is 136 Å². The summed E-state index contributed by atoms with van der Waals surface area (Å²) in [7, 11) is 1.57. The fraction of sp³-hybridized carbons (Fsp3) is 0.538. The number of rotatable bonds is 9. The van der Waals surface area contributed by atoms with E-state index in [1.807, 2.05) is 39.0 Å². The van der Waals surface area contributed by atoms with Crippen LogP contribution in [0.2, 0.25) is 0 Å². The van der Waals surface area contributed by atoms with Gasteiger partial charge in [0.25, 0.3) is 5.91 Å². The summed E-state index contributed by atoms with van der Waals surface area (Å²) in [5, 5.41) is 18.7. The molecule has 188 valence electrons. The molecule has 9 nitrogen and oxygen atoms in total. The molecule has 1 aromatic carbocycles. The summed E-state index contributed by atoms with van der Waals surface area (Å²) >= 11 is 0. The fourth-order valence-corrected chi connectivity index (χ4v) is 4.49. The first-order chi connectivity index (χ1) is 16.6. The van der Waals surface area contributed by atoms with Gasteiger partial charge in [0.05, 0.1) is 19.6 Å². The van der Waals surface area contributed by atoms with Crippen molar-refractivity contribution < 1.29 is 19.1 Å². The molecule has 1 aliphatic heterocycles. The number of aromatic amines is 1. The van der Waals surface area contributed by atoms with Gasteiger partial charge in [0.1, 0.15) is 17.5 Å². The first kappa shape index (κ1) is 26.1. The molecule has 1 saturated heterocycles. The normalized spacial score (nSPS) is 17.7. The molecular formula is C26H35N5O4. The largest absolute Gasteiger partial charge is 0.496 e. The van der Waals surface area contributed by atoms with Crippen LogP contribution in [-0.2, 0) is 9.59 Å². The Hall–Kier alpha value is -3.54. The Kier molecular flexibility index (Phi) is 8.39. The number of nitrogens with zero attached hydrogens (tertiary/aromatic N) is 1. The molecule has 35 heavy (non-hydrogen) atoms. The van der Waals surface area contributed by atoms with Crippen LogP contribution in [0.5, 0.6) is 5.75 Å². The molecule has 3 rings (SSSR count). The summed E-state index contributed by atoms with van der Waals surface area (Å²) in [6, 6.07) is 8.02. The van der Waals surface area contributed by atoms with Crippen molar-refractivity contribution in [2.45, 2.75) is 65.0 Å². The van der Waals surface area contributed by atoms with E-state index in [1.165, 1.54) is 0 Å². The molecule has 3 amide bonds. The highest BCUT2D eigenvalue weighted by Gasteiger charge is 2.31. The van der Waals surface area contributed by atoms with Gasteiger partial charge in [-0.2, -0.15) is 5.26 Å². The summed E-state index contributed by atoms with van der Waals surface area (Å²) in [5.41, 5.74) is 0.835. The van der Waals surface area contributed by atoms with E-state index in [0.29, 0.717) is 30.8 Å². The molecule has 0 radical (unpaired) electrons. The molecule has 0 spiro atoms. The van der Waals surface area contributed by atoms with E-state index in [9.17, 15) is 19.6 Å². The summed E-state index contributed by atoms with van der Waals surface area (Å²) in [6.45, 7) is 6.63. The van der Waals surface area contributed by atoms with E-state index < -0.39 is 18.0 Å². The zero-order valence-corrected chi connectivity index (χ0v) is 20.9. The van der Waals surface area contributed by atoms with Crippen LogP contribution in [0.15, 0.2) is 24.3 Å². The zero-order valence-electron chi connectivity index (χ0n) is 20.9. The van der Waals surface area contributed by atoms with Crippen molar-refractivity contribution in [3.8, 4) is 11.8 Å². The highest BCUT2D eigenvalue weighted by Crippen LogP contribution is 2.27. The lowest BCUT2D eigenvalue weighted by molar-refractivity contribution is -0.128. The average Bonchev–Trinajstić information content (AvgIpc) is 3.24. The van der Waals surface area contributed by atoms with Crippen molar-refractivity contribution in [3.05, 3.63) is 30.0 Å². The Morgan fingerprint density at radius 1 is 1.29 bits per heavy atom. The molecule has 4 N–H and O–H groups in total. The first-order valence-electron chi connectivity index (χ1n) is 12.0. The number of nitriles is 1. The number of amides is 3. The molecule has 0 bridgehead atoms. The van der Waals surface area contributed by atoms with Gasteiger partial charge in [-0.25, -0.2) is 0 Å². The van der Waals surface area contributed by atoms with E-state index >= 15 is 0 Å². The minimum Gasteiger partial charge on any atom is -0.496 e. The molecule has 0 aliphatic carbocycles. The van der Waals surface area contributed by atoms with Crippen LogP contribution >= 0.6 is 0 Å². The van der Waals surface area contributed by atoms with Crippen LogP contribution in [0.3, 0.4) is 0 Å². The lowest BCUT2D eigenvalue weighted by Gasteiger charge is -2.29. The Morgan fingerprint density at radius 3 is 2.71 bits per heavy atom. The van der Waals surface area contributed by atoms with Gasteiger partial charge in [-0.15, -0.1) is 0 Å². The predicted molar refractivity (Wildman–Crippen MR) is 133 cm³/mol. The van der Waals surface area contributed by atoms with E-state index in [4.69, 9.17) is 4.74 Å². The summed E-state index contributed by atoms with van der Waals surface area (Å²) in [4.78, 5) is 41.7. The number of piperidine rings is 1. The van der Waals surface area contributed by atoms with Crippen LogP contribution in [0, 0.1) is 22.7 Å². The number of H-pyrrole nitrogens is 1. The van der Waals surface area contributed by atoms with Crippen LogP contribution < -0.4 is 20.7 Å². The second-order valence-electron chi connectivity index (χ2n) is 10.3. The Balaban J connectivity index is 1.75. The molecule has 2 aromatic rings. The second kappa shape index (κ2) is 11.3. The maximum atomic E-state index is 13.3. The molecule has 3 atom stereocenters. The third kappa shape index (κ3) is 6.98. The number of methoxy groups -OCH3 is 1. The molecule has 9 heteroatoms. The summed E-state index contributed by atoms with van der Waals surface area (Å²) < 4.78 is 5.37. The van der Waals surface area contributed by atoms with Crippen molar-refractivity contribution in [2.24, 2.45) is 11.3 Å². The lowest BCUT2D eigenvalue weighted by Crippen LogP contribution is -2.52. The molecule has 0 saturated carbocycles. The smallest absolute Gasteiger partial charge is 0.268 e. The van der Waals surface area contributed by atoms with Gasteiger partial charge in [-0.1, -0.05) is 26.8 Å². The molecule has 1 fully saturated rings. The number of fused-ring (bicyclic) bond motifs is 1. The van der Waals surface area contributed by atoms with Gasteiger partial charge in [0.2, 0.25) is 11.8 Å². The minimum absolute atomic E-state index is 0.0396. The van der Waals surface area contributed by atoms with Crippen molar-refractivity contribution in [3.63, 3.8) is 0 Å². The van der Waals surface area contributed by atoms with Gasteiger partial charge in [-0.05, 0) is 49.3 Å². The number of hydrogen-bond acceptors (Lipinski definition) is 5. The third-order valence-corrected chi connectivity index (χ3v) is 6.18. The van der Waals surface area contributed by atoms with Crippen molar-refractivity contribution in [2.75, 3.05) is 13.7 Å². The highest BCUT2D eigenvalue weighted by molar-refractivity contribution is 6.01. The van der Waals surface area contributed by atoms with E-state index in [0.717, 1.165) is 23.7 Å². The quantitative estimate of drug-likeness (QED) is 0.436. The zero-order chi connectivity index (χ0) is 25.6. The van der Waals surface area contributed by atoms with Gasteiger partial charge in [0, 0.05) is 29.4 Å². The Bertz CT molecular complexity index is 1110. The lowest BCUT2D eigenvalue weighted by atomic mass is 9.87. The van der Waals surface area contributed by atoms with Crippen LogP contribution in [0.1, 0.15) is 63.4 Å². The SMILES string of the molecule is COc1cccc2[nH]c(C(=O)N[C@@H](CC(C)(C)C)C(=O)N[C@H](CC#N)C[C@@H]3CCCNC3=O)cc12. The maximum Gasteiger partial charge on any atom is 0.268 e. The molecular weight excluding hydrogens is 446 g/mol. The summed E-state index contributed by atoms with van der Waals surface area (Å²) in [5.74, 6) is -0.399. The van der Waals surface area contributed by atoms with Crippen LogP contribution in [0.25, 0.3) is 10.9 Å². The van der Waals surface area contributed by atoms with Crippen molar-refractivity contribution in [1.82, 2.24) is 20.9 Å². The number of aromatic nitrogens is 1. The van der Waals surface area contributed by atoms with E-state index in [-0.39, 0.29) is 29.6 Å². The first-order valence-corrected chi connectivity index (χ1v) is 12.0. The van der Waals surface area contributed by atoms with Crippen molar-refractivity contribution >= 4 is 28.6 Å². The van der Waals surface area contributed by atoms with E-state index in [2.05, 4.69) is 27.0 Å². The number of hydrogen-bond donors (Lipinski definition) is 4. The Labute approximate surface area is 206 Å². The van der Waals surface area contributed by atoms with Crippen LogP contribution in [0.4, 0.5) is 0 Å². The molecule has 2 heterocycles. The highest BCUT2D eigenvalue weighted by atomic mass is 16.5. The van der Waals surface area contributed by atoms with Gasteiger partial charge < -0.3 is 25.7 Å². The summed E-state index contributed by atoms with van der Waals surface area (Å²) in [6.07, 6.45) is 2.49. The average molecular weight is 482 g/mol. The van der Waals surface area contributed by atoms with Crippen molar-refractivity contribution in [1.29, 1.82) is 5.26 Å².